The molecule has 0 saturated heterocycles. The number of anilines is 2. The molecule has 4 heteroatoms. The fourth-order valence-electron chi connectivity index (χ4n) is 2.56. The highest BCUT2D eigenvalue weighted by Crippen LogP contribution is 2.38. The SMILES string of the molecule is COc1ccc(C#N)c(N2CCc3ccc(F)cc32)c1. The number of hydrogen-bond acceptors (Lipinski definition) is 3. The number of methoxy groups -OCH3 is 1. The van der Waals surface area contributed by atoms with Crippen LogP contribution in [0.2, 0.25) is 0 Å². The molecule has 1 aliphatic heterocycles. The largest absolute Gasteiger partial charge is 0.497 e. The maximum atomic E-state index is 13.5. The van der Waals surface area contributed by atoms with Gasteiger partial charge in [0.1, 0.15) is 17.6 Å². The van der Waals surface area contributed by atoms with Gasteiger partial charge in [0, 0.05) is 18.3 Å². The fraction of sp³-hybridized carbons (Fsp3) is 0.188. The van der Waals surface area contributed by atoms with Gasteiger partial charge in [0.2, 0.25) is 0 Å². The maximum Gasteiger partial charge on any atom is 0.125 e. The topological polar surface area (TPSA) is 36.3 Å². The normalized spacial score (nSPS) is 12.9. The lowest BCUT2D eigenvalue weighted by atomic mass is 10.1. The van der Waals surface area contributed by atoms with Crippen LogP contribution in [0.15, 0.2) is 36.4 Å². The van der Waals surface area contributed by atoms with Crippen LogP contribution in [0.1, 0.15) is 11.1 Å². The Morgan fingerprint density at radius 2 is 2.05 bits per heavy atom. The van der Waals surface area contributed by atoms with Gasteiger partial charge in [0.25, 0.3) is 0 Å². The minimum atomic E-state index is -0.267. The van der Waals surface area contributed by atoms with E-state index in [2.05, 4.69) is 6.07 Å². The second-order valence-electron chi connectivity index (χ2n) is 4.67. The Balaban J connectivity index is 2.12. The van der Waals surface area contributed by atoms with Gasteiger partial charge >= 0.3 is 0 Å². The van der Waals surface area contributed by atoms with Gasteiger partial charge in [0.15, 0.2) is 0 Å². The summed E-state index contributed by atoms with van der Waals surface area (Å²) in [5.74, 6) is 0.418. The third kappa shape index (κ3) is 1.97. The van der Waals surface area contributed by atoms with E-state index in [1.807, 2.05) is 11.0 Å². The molecular weight excluding hydrogens is 255 g/mol. The molecule has 3 nitrogen and oxygen atoms in total. The Labute approximate surface area is 116 Å². The highest BCUT2D eigenvalue weighted by atomic mass is 19.1. The van der Waals surface area contributed by atoms with Gasteiger partial charge in [-0.25, -0.2) is 4.39 Å². The van der Waals surface area contributed by atoms with Gasteiger partial charge < -0.3 is 9.64 Å². The summed E-state index contributed by atoms with van der Waals surface area (Å²) in [7, 11) is 1.59. The summed E-state index contributed by atoms with van der Waals surface area (Å²) < 4.78 is 18.7. The monoisotopic (exact) mass is 268 g/mol. The molecule has 3 rings (SSSR count). The molecule has 0 aromatic heterocycles. The van der Waals surface area contributed by atoms with Crippen LogP contribution in [-0.4, -0.2) is 13.7 Å². The molecule has 0 aliphatic carbocycles. The van der Waals surface area contributed by atoms with Gasteiger partial charge in [-0.15, -0.1) is 0 Å². The predicted molar refractivity (Wildman–Crippen MR) is 74.8 cm³/mol. The van der Waals surface area contributed by atoms with Crippen LogP contribution in [0.25, 0.3) is 0 Å². The van der Waals surface area contributed by atoms with Gasteiger partial charge in [-0.1, -0.05) is 6.07 Å². The number of nitrogens with zero attached hydrogens (tertiary/aromatic N) is 2. The van der Waals surface area contributed by atoms with Gasteiger partial charge in [0.05, 0.1) is 18.4 Å². The first-order valence-corrected chi connectivity index (χ1v) is 6.37. The molecule has 0 fully saturated rings. The first-order chi connectivity index (χ1) is 9.72. The van der Waals surface area contributed by atoms with Crippen molar-refractivity contribution < 1.29 is 9.13 Å². The maximum absolute atomic E-state index is 13.5. The highest BCUT2D eigenvalue weighted by molar-refractivity contribution is 5.75. The van der Waals surface area contributed by atoms with Crippen LogP contribution >= 0.6 is 0 Å². The quantitative estimate of drug-likeness (QED) is 0.837. The Morgan fingerprint density at radius 3 is 2.80 bits per heavy atom. The van der Waals surface area contributed by atoms with Crippen molar-refractivity contribution in [1.82, 2.24) is 0 Å². The zero-order valence-corrected chi connectivity index (χ0v) is 11.1. The van der Waals surface area contributed by atoms with Crippen LogP contribution in [0.4, 0.5) is 15.8 Å². The molecular formula is C16H13FN2O. The van der Waals surface area contributed by atoms with Crippen molar-refractivity contribution in [1.29, 1.82) is 5.26 Å². The average Bonchev–Trinajstić information content (AvgIpc) is 2.89. The van der Waals surface area contributed by atoms with E-state index in [1.54, 1.807) is 25.3 Å². The van der Waals surface area contributed by atoms with E-state index in [-0.39, 0.29) is 5.82 Å². The molecule has 0 radical (unpaired) electrons. The van der Waals surface area contributed by atoms with E-state index in [9.17, 15) is 9.65 Å². The molecule has 20 heavy (non-hydrogen) atoms. The Bertz CT molecular complexity index is 706. The second-order valence-corrected chi connectivity index (χ2v) is 4.67. The van der Waals surface area contributed by atoms with Crippen LogP contribution < -0.4 is 9.64 Å². The number of rotatable bonds is 2. The third-order valence-electron chi connectivity index (χ3n) is 3.56. The van der Waals surface area contributed by atoms with E-state index in [0.29, 0.717) is 11.3 Å². The van der Waals surface area contributed by atoms with Crippen molar-refractivity contribution in [2.75, 3.05) is 18.6 Å². The zero-order chi connectivity index (χ0) is 14.1. The van der Waals surface area contributed by atoms with E-state index < -0.39 is 0 Å². The summed E-state index contributed by atoms with van der Waals surface area (Å²) in [6.45, 7) is 0.737. The summed E-state index contributed by atoms with van der Waals surface area (Å²) in [6.07, 6.45) is 0.845. The summed E-state index contributed by atoms with van der Waals surface area (Å²) in [5, 5.41) is 9.25. The average molecular weight is 268 g/mol. The molecule has 2 aromatic rings. The first-order valence-electron chi connectivity index (χ1n) is 6.37. The third-order valence-corrected chi connectivity index (χ3v) is 3.56. The summed E-state index contributed by atoms with van der Waals surface area (Å²) in [6, 6.07) is 12.3. The number of hydrogen-bond donors (Lipinski definition) is 0. The highest BCUT2D eigenvalue weighted by Gasteiger charge is 2.23. The van der Waals surface area contributed by atoms with Crippen LogP contribution in [0.5, 0.6) is 5.75 Å². The minimum absolute atomic E-state index is 0.267. The van der Waals surface area contributed by atoms with Crippen LogP contribution in [0, 0.1) is 17.1 Å². The molecule has 0 unspecified atom stereocenters. The first kappa shape index (κ1) is 12.5. The lowest BCUT2D eigenvalue weighted by Crippen LogP contribution is -2.14. The molecule has 2 aromatic carbocycles. The summed E-state index contributed by atoms with van der Waals surface area (Å²) in [5.41, 5.74) is 3.24. The van der Waals surface area contributed by atoms with Gasteiger partial charge in [-0.3, -0.25) is 0 Å². The summed E-state index contributed by atoms with van der Waals surface area (Å²) in [4.78, 5) is 1.97. The molecule has 0 spiro atoms. The standard InChI is InChI=1S/C16H13FN2O/c1-20-14-5-3-12(10-18)16(9-14)19-7-6-11-2-4-13(17)8-15(11)19/h2-5,8-9H,6-7H2,1H3. The molecule has 100 valence electrons. The molecule has 0 N–H and O–H groups in total. The smallest absolute Gasteiger partial charge is 0.125 e. The van der Waals surface area contributed by atoms with E-state index in [1.165, 1.54) is 12.1 Å². The Hall–Kier alpha value is -2.54. The lowest BCUT2D eigenvalue weighted by molar-refractivity contribution is 0.415. The molecule has 1 heterocycles. The van der Waals surface area contributed by atoms with E-state index in [0.717, 1.165) is 29.9 Å². The van der Waals surface area contributed by atoms with Gasteiger partial charge in [-0.05, 0) is 36.2 Å². The zero-order valence-electron chi connectivity index (χ0n) is 11.1. The number of halogens is 1. The number of fused-ring (bicyclic) bond motifs is 1. The minimum Gasteiger partial charge on any atom is -0.497 e. The lowest BCUT2D eigenvalue weighted by Gasteiger charge is -2.21. The van der Waals surface area contributed by atoms with Crippen LogP contribution in [0.3, 0.4) is 0 Å². The van der Waals surface area contributed by atoms with Crippen molar-refractivity contribution in [3.8, 4) is 11.8 Å². The molecule has 0 amide bonds. The predicted octanol–water partition coefficient (Wildman–Crippen LogP) is 3.40. The number of benzene rings is 2. The van der Waals surface area contributed by atoms with E-state index in [4.69, 9.17) is 4.74 Å². The Morgan fingerprint density at radius 1 is 1.20 bits per heavy atom. The van der Waals surface area contributed by atoms with Crippen molar-refractivity contribution in [2.24, 2.45) is 0 Å². The molecule has 0 saturated carbocycles. The van der Waals surface area contributed by atoms with E-state index >= 15 is 0 Å². The molecule has 0 bridgehead atoms. The van der Waals surface area contributed by atoms with Crippen molar-refractivity contribution in [3.05, 3.63) is 53.3 Å². The van der Waals surface area contributed by atoms with Crippen molar-refractivity contribution in [3.63, 3.8) is 0 Å². The van der Waals surface area contributed by atoms with Crippen molar-refractivity contribution in [2.45, 2.75) is 6.42 Å². The number of ether oxygens (including phenoxy) is 1. The number of nitriles is 1. The summed E-state index contributed by atoms with van der Waals surface area (Å²) >= 11 is 0. The Kier molecular flexibility index (Phi) is 3.03. The molecule has 1 aliphatic rings. The van der Waals surface area contributed by atoms with Gasteiger partial charge in [-0.2, -0.15) is 5.26 Å². The molecule has 0 atom stereocenters. The van der Waals surface area contributed by atoms with Crippen molar-refractivity contribution >= 4 is 11.4 Å². The van der Waals surface area contributed by atoms with Crippen LogP contribution in [-0.2, 0) is 6.42 Å². The fourth-order valence-corrected chi connectivity index (χ4v) is 2.56. The second kappa shape index (κ2) is 4.86.